The Morgan fingerprint density at radius 3 is 2.53 bits per heavy atom. The minimum atomic E-state index is -0.201. The van der Waals surface area contributed by atoms with E-state index in [2.05, 4.69) is 31.9 Å². The second-order valence-corrected chi connectivity index (χ2v) is 5.04. The summed E-state index contributed by atoms with van der Waals surface area (Å²) >= 11 is 0. The van der Waals surface area contributed by atoms with Gasteiger partial charge in [-0.25, -0.2) is 0 Å². The lowest BCUT2D eigenvalue weighted by Crippen LogP contribution is -2.27. The molecule has 0 amide bonds. The molecule has 0 radical (unpaired) electrons. The zero-order valence-corrected chi connectivity index (χ0v) is 9.99. The molecule has 0 aliphatic rings. The average molecular weight is 211 g/mol. The third-order valence-corrected chi connectivity index (χ3v) is 2.45. The Morgan fingerprint density at radius 1 is 1.53 bits per heavy atom. The Hall–Kier alpha value is -0.870. The van der Waals surface area contributed by atoms with Crippen LogP contribution in [0.15, 0.2) is 6.07 Å². The summed E-state index contributed by atoms with van der Waals surface area (Å²) in [6.07, 6.45) is 0.663. The van der Waals surface area contributed by atoms with Crippen LogP contribution in [0.4, 0.5) is 0 Å². The molecule has 0 aromatic carbocycles. The van der Waals surface area contributed by atoms with E-state index in [1.807, 2.05) is 11.7 Å². The lowest BCUT2D eigenvalue weighted by atomic mass is 9.92. The molecule has 1 heterocycles. The molecule has 15 heavy (non-hydrogen) atoms. The van der Waals surface area contributed by atoms with Crippen molar-refractivity contribution in [1.82, 2.24) is 9.78 Å². The Morgan fingerprint density at radius 2 is 2.13 bits per heavy atom. The number of nitrogens with two attached hydrogens (primary N) is 1. The van der Waals surface area contributed by atoms with Crippen molar-refractivity contribution >= 4 is 0 Å². The van der Waals surface area contributed by atoms with Crippen molar-refractivity contribution < 1.29 is 5.11 Å². The van der Waals surface area contributed by atoms with Crippen LogP contribution in [0.25, 0.3) is 0 Å². The van der Waals surface area contributed by atoms with E-state index in [1.165, 1.54) is 0 Å². The van der Waals surface area contributed by atoms with Crippen LogP contribution in [-0.4, -0.2) is 27.5 Å². The standard InChI is InChI=1S/C11H21N3O/c1-11(2,3)10-6-9(14(4)13-10)5-8(12)7-15/h6,8,15H,5,7,12H2,1-4H3. The molecule has 3 N–H and O–H groups in total. The number of hydrogen-bond donors (Lipinski definition) is 2. The van der Waals surface area contributed by atoms with Gasteiger partial charge >= 0.3 is 0 Å². The third kappa shape index (κ3) is 3.04. The Balaban J connectivity index is 2.87. The molecule has 0 aliphatic carbocycles. The molecule has 1 aromatic heterocycles. The van der Waals surface area contributed by atoms with E-state index in [4.69, 9.17) is 10.8 Å². The maximum absolute atomic E-state index is 8.90. The van der Waals surface area contributed by atoms with E-state index in [-0.39, 0.29) is 18.1 Å². The predicted molar refractivity (Wildman–Crippen MR) is 60.7 cm³/mol. The van der Waals surface area contributed by atoms with Gasteiger partial charge in [0.25, 0.3) is 0 Å². The Labute approximate surface area is 91.1 Å². The van der Waals surface area contributed by atoms with Gasteiger partial charge in [0.2, 0.25) is 0 Å². The Bertz CT molecular complexity index is 325. The molecule has 4 heteroatoms. The first-order valence-electron chi connectivity index (χ1n) is 5.24. The van der Waals surface area contributed by atoms with Crippen molar-refractivity contribution in [3.05, 3.63) is 17.5 Å². The van der Waals surface area contributed by atoms with Crippen molar-refractivity contribution in [3.63, 3.8) is 0 Å². The summed E-state index contributed by atoms with van der Waals surface area (Å²) in [5.74, 6) is 0. The number of aliphatic hydroxyl groups is 1. The van der Waals surface area contributed by atoms with E-state index in [1.54, 1.807) is 0 Å². The summed E-state index contributed by atoms with van der Waals surface area (Å²) in [6, 6.07) is 1.86. The lowest BCUT2D eigenvalue weighted by molar-refractivity contribution is 0.264. The van der Waals surface area contributed by atoms with Crippen LogP contribution in [0.1, 0.15) is 32.2 Å². The zero-order valence-electron chi connectivity index (χ0n) is 9.99. The summed E-state index contributed by atoms with van der Waals surface area (Å²) in [5, 5.41) is 13.3. The van der Waals surface area contributed by atoms with E-state index < -0.39 is 0 Å². The molecule has 1 rings (SSSR count). The number of aromatic nitrogens is 2. The van der Waals surface area contributed by atoms with Crippen LogP contribution in [0, 0.1) is 0 Å². The van der Waals surface area contributed by atoms with E-state index in [0.717, 1.165) is 11.4 Å². The van der Waals surface area contributed by atoms with Gasteiger partial charge in [-0.05, 0) is 6.07 Å². The number of aliphatic hydroxyl groups excluding tert-OH is 1. The van der Waals surface area contributed by atoms with E-state index in [0.29, 0.717) is 6.42 Å². The maximum atomic E-state index is 8.90. The summed E-state index contributed by atoms with van der Waals surface area (Å²) < 4.78 is 1.84. The van der Waals surface area contributed by atoms with Crippen LogP contribution in [0.3, 0.4) is 0 Å². The predicted octanol–water partition coefficient (Wildman–Crippen LogP) is 0.580. The first kappa shape index (κ1) is 12.2. The molecule has 4 nitrogen and oxygen atoms in total. The SMILES string of the molecule is Cn1nc(C(C)(C)C)cc1CC(N)CO. The zero-order chi connectivity index (χ0) is 11.6. The fraction of sp³-hybridized carbons (Fsp3) is 0.727. The molecule has 0 fully saturated rings. The molecule has 0 bridgehead atoms. The van der Waals surface area contributed by atoms with Gasteiger partial charge < -0.3 is 10.8 Å². The van der Waals surface area contributed by atoms with Crippen molar-refractivity contribution in [2.24, 2.45) is 12.8 Å². The van der Waals surface area contributed by atoms with Gasteiger partial charge in [0, 0.05) is 30.6 Å². The minimum Gasteiger partial charge on any atom is -0.395 e. The van der Waals surface area contributed by atoms with Crippen LogP contribution < -0.4 is 5.73 Å². The molecular formula is C11H21N3O. The topological polar surface area (TPSA) is 64.1 Å². The minimum absolute atomic E-state index is 0.00995. The second-order valence-electron chi connectivity index (χ2n) is 5.04. The quantitative estimate of drug-likeness (QED) is 0.768. The summed E-state index contributed by atoms with van der Waals surface area (Å²) in [7, 11) is 1.91. The fourth-order valence-corrected chi connectivity index (χ4v) is 1.40. The fourth-order valence-electron chi connectivity index (χ4n) is 1.40. The summed E-state index contributed by atoms with van der Waals surface area (Å²) in [6.45, 7) is 6.40. The summed E-state index contributed by atoms with van der Waals surface area (Å²) in [5.41, 5.74) is 7.89. The molecule has 0 saturated carbocycles. The van der Waals surface area contributed by atoms with Crippen LogP contribution in [-0.2, 0) is 18.9 Å². The lowest BCUT2D eigenvalue weighted by Gasteiger charge is -2.13. The average Bonchev–Trinajstić information content (AvgIpc) is 2.47. The molecule has 0 aliphatic heterocycles. The van der Waals surface area contributed by atoms with Gasteiger partial charge in [-0.1, -0.05) is 20.8 Å². The Kier molecular flexibility index (Phi) is 3.52. The van der Waals surface area contributed by atoms with Crippen molar-refractivity contribution in [1.29, 1.82) is 0 Å². The first-order chi connectivity index (χ1) is 6.84. The van der Waals surface area contributed by atoms with Gasteiger partial charge in [-0.15, -0.1) is 0 Å². The molecular weight excluding hydrogens is 190 g/mol. The van der Waals surface area contributed by atoms with Crippen LogP contribution in [0.2, 0.25) is 0 Å². The first-order valence-corrected chi connectivity index (χ1v) is 5.24. The normalized spacial score (nSPS) is 14.3. The van der Waals surface area contributed by atoms with E-state index in [9.17, 15) is 0 Å². The summed E-state index contributed by atoms with van der Waals surface area (Å²) in [4.78, 5) is 0. The van der Waals surface area contributed by atoms with Gasteiger partial charge in [-0.2, -0.15) is 5.10 Å². The highest BCUT2D eigenvalue weighted by Gasteiger charge is 2.19. The molecule has 1 unspecified atom stereocenters. The molecule has 0 saturated heterocycles. The number of rotatable bonds is 3. The van der Waals surface area contributed by atoms with E-state index >= 15 is 0 Å². The highest BCUT2D eigenvalue weighted by atomic mass is 16.3. The van der Waals surface area contributed by atoms with Gasteiger partial charge in [-0.3, -0.25) is 4.68 Å². The van der Waals surface area contributed by atoms with Crippen molar-refractivity contribution in [2.75, 3.05) is 6.61 Å². The van der Waals surface area contributed by atoms with Crippen LogP contribution >= 0.6 is 0 Å². The molecule has 86 valence electrons. The molecule has 0 spiro atoms. The van der Waals surface area contributed by atoms with Crippen molar-refractivity contribution in [3.8, 4) is 0 Å². The van der Waals surface area contributed by atoms with Gasteiger partial charge in [0.1, 0.15) is 0 Å². The number of hydrogen-bond acceptors (Lipinski definition) is 3. The second kappa shape index (κ2) is 4.33. The molecule has 1 atom stereocenters. The molecule has 1 aromatic rings. The highest BCUT2D eigenvalue weighted by molar-refractivity contribution is 5.18. The monoisotopic (exact) mass is 211 g/mol. The maximum Gasteiger partial charge on any atom is 0.0680 e. The number of nitrogens with zero attached hydrogens (tertiary/aromatic N) is 2. The largest absolute Gasteiger partial charge is 0.395 e. The highest BCUT2D eigenvalue weighted by Crippen LogP contribution is 2.21. The van der Waals surface area contributed by atoms with Crippen LogP contribution in [0.5, 0.6) is 0 Å². The number of aryl methyl sites for hydroxylation is 1. The smallest absolute Gasteiger partial charge is 0.0680 e. The van der Waals surface area contributed by atoms with Crippen molar-refractivity contribution in [2.45, 2.75) is 38.6 Å². The van der Waals surface area contributed by atoms with Gasteiger partial charge in [0.05, 0.1) is 12.3 Å². The third-order valence-electron chi connectivity index (χ3n) is 2.45. The van der Waals surface area contributed by atoms with Gasteiger partial charge in [0.15, 0.2) is 0 Å².